The molecule has 0 saturated carbocycles. The van der Waals surface area contributed by atoms with Gasteiger partial charge < -0.3 is 4.42 Å². The molecule has 9 rings (SSSR count). The van der Waals surface area contributed by atoms with Gasteiger partial charge in [0, 0.05) is 10.7 Å². The topological polar surface area (TPSA) is 26.0 Å². The Balaban J connectivity index is 1.36. The number of benzene rings is 7. The summed E-state index contributed by atoms with van der Waals surface area (Å²) in [6.07, 6.45) is 0. The zero-order valence-corrected chi connectivity index (χ0v) is 30.1. The van der Waals surface area contributed by atoms with Crippen molar-refractivity contribution in [2.24, 2.45) is 0 Å². The second-order valence-corrected chi connectivity index (χ2v) is 20.6. The van der Waals surface area contributed by atoms with Crippen LogP contribution in [0.1, 0.15) is 0 Å². The Morgan fingerprint density at radius 1 is 0.314 bits per heavy atom. The van der Waals surface area contributed by atoms with Gasteiger partial charge in [-0.15, -0.1) is 0 Å². The van der Waals surface area contributed by atoms with E-state index in [1.54, 1.807) is 0 Å². The Kier molecular flexibility index (Phi) is 7.88. The van der Waals surface area contributed by atoms with Gasteiger partial charge in [0.15, 0.2) is 13.7 Å². The lowest BCUT2D eigenvalue weighted by atomic mass is 10.2. The van der Waals surface area contributed by atoms with Gasteiger partial charge in [-0.2, -0.15) is 0 Å². The highest BCUT2D eigenvalue weighted by Gasteiger charge is 2.44. The van der Waals surface area contributed by atoms with Crippen molar-refractivity contribution >= 4 is 79.8 Å². The number of aromatic nitrogens is 1. The smallest absolute Gasteiger partial charge is 0.201 e. The Morgan fingerprint density at radius 3 is 1.06 bits per heavy atom. The van der Waals surface area contributed by atoms with Gasteiger partial charge in [-0.25, -0.2) is 0 Å². The Hall–Kier alpha value is -6.08. The van der Waals surface area contributed by atoms with Crippen molar-refractivity contribution in [3.63, 3.8) is 0 Å². The van der Waals surface area contributed by atoms with Crippen molar-refractivity contribution in [1.29, 1.82) is 0 Å². The first-order valence-corrected chi connectivity index (χ1v) is 21.5. The fourth-order valence-electron chi connectivity index (χ4n) is 8.16. The van der Waals surface area contributed by atoms with E-state index < -0.39 is 16.1 Å². The predicted octanol–water partition coefficient (Wildman–Crippen LogP) is 5.74. The minimum atomic E-state index is -2.83. The summed E-state index contributed by atoms with van der Waals surface area (Å²) in [5.41, 5.74) is 2.55. The maximum Gasteiger partial charge on any atom is 0.201 e. The molecule has 2 aromatic heterocycles. The SMILES string of the molecule is c1ccc([Si](c2ccccc2)(c2ccccc2)c2ccc3oc4ccc([Si](c5ccccc5)(c5ccccc5)c5ccccc5)nc4c3c2)cc1. The molecule has 7 aromatic carbocycles. The van der Waals surface area contributed by atoms with Gasteiger partial charge in [-0.1, -0.05) is 188 Å². The van der Waals surface area contributed by atoms with Crippen LogP contribution in [0.4, 0.5) is 0 Å². The predicted molar refractivity (Wildman–Crippen MR) is 219 cm³/mol. The molecule has 0 atom stereocenters. The van der Waals surface area contributed by atoms with Crippen molar-refractivity contribution in [3.05, 3.63) is 212 Å². The molecule has 2 heterocycles. The zero-order valence-electron chi connectivity index (χ0n) is 28.1. The van der Waals surface area contributed by atoms with Crippen LogP contribution >= 0.6 is 0 Å². The molecule has 9 aromatic rings. The van der Waals surface area contributed by atoms with Gasteiger partial charge >= 0.3 is 0 Å². The molecule has 0 fully saturated rings. The van der Waals surface area contributed by atoms with E-state index in [9.17, 15) is 0 Å². The summed E-state index contributed by atoms with van der Waals surface area (Å²) >= 11 is 0. The van der Waals surface area contributed by atoms with Crippen molar-refractivity contribution in [1.82, 2.24) is 4.98 Å². The van der Waals surface area contributed by atoms with Gasteiger partial charge in [0.2, 0.25) is 8.07 Å². The second kappa shape index (κ2) is 13.0. The number of rotatable bonds is 8. The Bertz CT molecular complexity index is 2180. The van der Waals surface area contributed by atoms with Gasteiger partial charge in [0.25, 0.3) is 0 Å². The average molecular weight is 686 g/mol. The standard InChI is InChI=1S/C47H35NOSi2/c1-7-19-36(20-8-1)50(37-21-9-2-10-22-37,38-23-11-3-12-24-38)42-31-32-44-43(35-42)47-45(49-44)33-34-46(48-47)51(39-25-13-4-14-26-39,40-27-15-5-16-28-40)41-29-17-6-18-30-41/h1-35H. The first kappa shape index (κ1) is 30.9. The number of hydrogen-bond donors (Lipinski definition) is 0. The molecular weight excluding hydrogens is 651 g/mol. The van der Waals surface area contributed by atoms with E-state index in [0.29, 0.717) is 0 Å². The molecular formula is C47H35NOSi2. The first-order valence-electron chi connectivity index (χ1n) is 17.5. The summed E-state index contributed by atoms with van der Waals surface area (Å²) < 4.78 is 6.59. The van der Waals surface area contributed by atoms with Crippen LogP contribution in [0.2, 0.25) is 0 Å². The fourth-order valence-corrected chi connectivity index (χ4v) is 17.5. The monoisotopic (exact) mass is 685 g/mol. The molecule has 0 radical (unpaired) electrons. The fraction of sp³-hybridized carbons (Fsp3) is 0. The molecule has 242 valence electrons. The Morgan fingerprint density at radius 2 is 0.667 bits per heavy atom. The van der Waals surface area contributed by atoms with Crippen LogP contribution in [0.5, 0.6) is 0 Å². The van der Waals surface area contributed by atoms with Crippen molar-refractivity contribution in [2.75, 3.05) is 0 Å². The number of nitrogens with zero attached hydrogens (tertiary/aromatic N) is 1. The van der Waals surface area contributed by atoms with Crippen LogP contribution < -0.4 is 41.6 Å². The second-order valence-electron chi connectivity index (χ2n) is 13.1. The lowest BCUT2D eigenvalue weighted by Crippen LogP contribution is -2.75. The van der Waals surface area contributed by atoms with Crippen LogP contribution in [0, 0.1) is 0 Å². The number of fused-ring (bicyclic) bond motifs is 3. The molecule has 2 nitrogen and oxygen atoms in total. The molecule has 51 heavy (non-hydrogen) atoms. The van der Waals surface area contributed by atoms with Gasteiger partial charge in [0.05, 0.1) is 0 Å². The van der Waals surface area contributed by atoms with E-state index in [1.165, 1.54) is 36.3 Å². The molecule has 0 aliphatic carbocycles. The van der Waals surface area contributed by atoms with E-state index in [4.69, 9.17) is 9.40 Å². The van der Waals surface area contributed by atoms with Crippen molar-refractivity contribution in [2.45, 2.75) is 0 Å². The van der Waals surface area contributed by atoms with Gasteiger partial charge in [-0.05, 0) is 60.6 Å². The maximum atomic E-state index is 6.59. The zero-order chi connectivity index (χ0) is 34.1. The van der Waals surface area contributed by atoms with Crippen LogP contribution in [0.25, 0.3) is 22.1 Å². The molecule has 0 spiro atoms. The van der Waals surface area contributed by atoms with Crippen LogP contribution in [0.3, 0.4) is 0 Å². The largest absolute Gasteiger partial charge is 0.454 e. The highest BCUT2D eigenvalue weighted by molar-refractivity contribution is 7.20. The lowest BCUT2D eigenvalue weighted by molar-refractivity contribution is 0.668. The minimum Gasteiger partial charge on any atom is -0.454 e. The van der Waals surface area contributed by atoms with E-state index >= 15 is 0 Å². The number of pyridine rings is 1. The Labute approximate surface area is 300 Å². The summed E-state index contributed by atoms with van der Waals surface area (Å²) in [7, 11) is -5.58. The third-order valence-corrected chi connectivity index (χ3v) is 19.8. The molecule has 4 heteroatoms. The molecule has 0 N–H and O–H groups in total. The van der Waals surface area contributed by atoms with Crippen molar-refractivity contribution in [3.8, 4) is 0 Å². The molecule has 0 amide bonds. The number of hydrogen-bond acceptors (Lipinski definition) is 2. The normalized spacial score (nSPS) is 11.9. The maximum absolute atomic E-state index is 6.59. The summed E-state index contributed by atoms with van der Waals surface area (Å²) in [5, 5.41) is 11.3. The van der Waals surface area contributed by atoms with Crippen LogP contribution in [-0.2, 0) is 0 Å². The van der Waals surface area contributed by atoms with E-state index in [2.05, 4.69) is 212 Å². The quantitative estimate of drug-likeness (QED) is 0.151. The molecule has 0 unspecified atom stereocenters. The van der Waals surface area contributed by atoms with E-state index in [-0.39, 0.29) is 0 Å². The highest BCUT2D eigenvalue weighted by atomic mass is 28.3. The van der Waals surface area contributed by atoms with E-state index in [1.807, 2.05) is 0 Å². The highest BCUT2D eigenvalue weighted by Crippen LogP contribution is 2.27. The van der Waals surface area contributed by atoms with Crippen LogP contribution in [0.15, 0.2) is 217 Å². The molecule has 0 aliphatic rings. The third-order valence-electron chi connectivity index (χ3n) is 10.4. The van der Waals surface area contributed by atoms with Crippen LogP contribution in [-0.4, -0.2) is 21.1 Å². The third kappa shape index (κ3) is 5.03. The van der Waals surface area contributed by atoms with Crippen molar-refractivity contribution < 1.29 is 4.42 Å². The van der Waals surface area contributed by atoms with Gasteiger partial charge in [0.1, 0.15) is 11.1 Å². The molecule has 0 bridgehead atoms. The van der Waals surface area contributed by atoms with E-state index in [0.717, 1.165) is 27.4 Å². The molecule has 0 saturated heterocycles. The summed E-state index contributed by atoms with van der Waals surface area (Å²) in [6, 6.07) is 77.3. The summed E-state index contributed by atoms with van der Waals surface area (Å²) in [4.78, 5) is 5.69. The average Bonchev–Trinajstić information content (AvgIpc) is 3.59. The number of furan rings is 1. The lowest BCUT2D eigenvalue weighted by Gasteiger charge is -2.34. The first-order chi connectivity index (χ1) is 25.3. The summed E-state index contributed by atoms with van der Waals surface area (Å²) in [5.74, 6) is 0. The van der Waals surface area contributed by atoms with Gasteiger partial charge in [-0.3, -0.25) is 4.98 Å². The molecule has 0 aliphatic heterocycles. The summed E-state index contributed by atoms with van der Waals surface area (Å²) in [6.45, 7) is 0. The minimum absolute atomic E-state index is 0.800.